The van der Waals surface area contributed by atoms with Crippen molar-refractivity contribution in [2.45, 2.75) is 47.1 Å². The molecule has 1 N–H and O–H groups in total. The molecule has 108 valence electrons. The van der Waals surface area contributed by atoms with E-state index in [0.717, 1.165) is 13.0 Å². The molecule has 0 aliphatic rings. The number of rotatable bonds is 5. The molecule has 2 rings (SSSR count). The van der Waals surface area contributed by atoms with Gasteiger partial charge < -0.3 is 5.32 Å². The largest absolute Gasteiger partial charge is 0.310 e. The molecule has 0 aliphatic carbocycles. The van der Waals surface area contributed by atoms with Crippen LogP contribution in [0.5, 0.6) is 0 Å². The van der Waals surface area contributed by atoms with Gasteiger partial charge in [-0.15, -0.1) is 0 Å². The van der Waals surface area contributed by atoms with Gasteiger partial charge in [-0.3, -0.25) is 0 Å². The summed E-state index contributed by atoms with van der Waals surface area (Å²) in [5, 5.41) is 6.45. The van der Waals surface area contributed by atoms with Gasteiger partial charge in [-0.25, -0.2) is 0 Å². The predicted octanol–water partition coefficient (Wildman–Crippen LogP) is 5.24. The van der Waals surface area contributed by atoms with Crippen LogP contribution in [0.2, 0.25) is 0 Å². The summed E-state index contributed by atoms with van der Waals surface area (Å²) in [6.45, 7) is 12.4. The van der Waals surface area contributed by atoms with E-state index in [4.69, 9.17) is 0 Å². The highest BCUT2D eigenvalue weighted by molar-refractivity contribution is 5.87. The molecule has 0 aliphatic heterocycles. The van der Waals surface area contributed by atoms with Gasteiger partial charge in [0, 0.05) is 6.04 Å². The summed E-state index contributed by atoms with van der Waals surface area (Å²) in [4.78, 5) is 0. The SMILES string of the molecule is CCNC(c1c(C)ccc2ccccc12)C(C)(C)CC. The first-order valence-corrected chi connectivity index (χ1v) is 7.73. The van der Waals surface area contributed by atoms with E-state index >= 15 is 0 Å². The highest BCUT2D eigenvalue weighted by Crippen LogP contribution is 2.40. The van der Waals surface area contributed by atoms with Gasteiger partial charge in [-0.1, -0.05) is 64.1 Å². The summed E-state index contributed by atoms with van der Waals surface area (Å²) in [5.41, 5.74) is 3.10. The Morgan fingerprint density at radius 1 is 1.05 bits per heavy atom. The molecule has 2 aromatic rings. The minimum atomic E-state index is 0.241. The maximum absolute atomic E-state index is 3.72. The van der Waals surface area contributed by atoms with Crippen LogP contribution in [0, 0.1) is 12.3 Å². The van der Waals surface area contributed by atoms with Crippen molar-refractivity contribution in [2.75, 3.05) is 6.54 Å². The molecule has 0 aromatic heterocycles. The van der Waals surface area contributed by atoms with Crippen molar-refractivity contribution in [1.82, 2.24) is 5.32 Å². The predicted molar refractivity (Wildman–Crippen MR) is 89.2 cm³/mol. The average Bonchev–Trinajstić information content (AvgIpc) is 2.45. The molecule has 0 radical (unpaired) electrons. The lowest BCUT2D eigenvalue weighted by Crippen LogP contribution is -2.34. The minimum absolute atomic E-state index is 0.241. The van der Waals surface area contributed by atoms with Crippen LogP contribution in [0.1, 0.15) is 51.3 Å². The number of hydrogen-bond donors (Lipinski definition) is 1. The Kier molecular flexibility index (Phi) is 4.49. The minimum Gasteiger partial charge on any atom is -0.310 e. The Hall–Kier alpha value is -1.34. The fourth-order valence-corrected chi connectivity index (χ4v) is 2.97. The zero-order valence-electron chi connectivity index (χ0n) is 13.5. The fourth-order valence-electron chi connectivity index (χ4n) is 2.97. The van der Waals surface area contributed by atoms with Crippen molar-refractivity contribution in [1.29, 1.82) is 0 Å². The number of aryl methyl sites for hydroxylation is 1. The molecular formula is C19H27N. The fraction of sp³-hybridized carbons (Fsp3) is 0.474. The topological polar surface area (TPSA) is 12.0 Å². The van der Waals surface area contributed by atoms with E-state index in [2.05, 4.69) is 76.3 Å². The lowest BCUT2D eigenvalue weighted by Gasteiger charge is -2.36. The Labute approximate surface area is 123 Å². The van der Waals surface area contributed by atoms with Crippen LogP contribution >= 0.6 is 0 Å². The van der Waals surface area contributed by atoms with Gasteiger partial charge in [0.2, 0.25) is 0 Å². The van der Waals surface area contributed by atoms with E-state index in [1.165, 1.54) is 21.9 Å². The van der Waals surface area contributed by atoms with E-state index in [0.29, 0.717) is 6.04 Å². The first-order valence-electron chi connectivity index (χ1n) is 7.73. The van der Waals surface area contributed by atoms with Gasteiger partial charge in [0.25, 0.3) is 0 Å². The standard InChI is InChI=1S/C19H27N/c1-6-19(4,5)18(20-7-2)17-14(3)12-13-15-10-8-9-11-16(15)17/h8-13,18,20H,6-7H2,1-5H3. The molecule has 1 nitrogen and oxygen atoms in total. The van der Waals surface area contributed by atoms with Gasteiger partial charge >= 0.3 is 0 Å². The maximum atomic E-state index is 3.72. The van der Waals surface area contributed by atoms with Crippen molar-refractivity contribution in [3.63, 3.8) is 0 Å². The van der Waals surface area contributed by atoms with Crippen molar-refractivity contribution in [2.24, 2.45) is 5.41 Å². The smallest absolute Gasteiger partial charge is 0.0380 e. The van der Waals surface area contributed by atoms with Gasteiger partial charge in [-0.05, 0) is 47.2 Å². The Bertz CT molecular complexity index is 583. The van der Waals surface area contributed by atoms with Crippen LogP contribution in [0.3, 0.4) is 0 Å². The van der Waals surface area contributed by atoms with Gasteiger partial charge in [-0.2, -0.15) is 0 Å². The highest BCUT2D eigenvalue weighted by atomic mass is 14.9. The Balaban J connectivity index is 2.66. The van der Waals surface area contributed by atoms with Gasteiger partial charge in [0.1, 0.15) is 0 Å². The van der Waals surface area contributed by atoms with Crippen LogP contribution in [-0.4, -0.2) is 6.54 Å². The molecule has 0 heterocycles. The summed E-state index contributed by atoms with van der Waals surface area (Å²) in [6, 6.07) is 13.6. The monoisotopic (exact) mass is 269 g/mol. The number of fused-ring (bicyclic) bond motifs is 1. The quantitative estimate of drug-likeness (QED) is 0.783. The lowest BCUT2D eigenvalue weighted by atomic mass is 9.76. The molecule has 0 bridgehead atoms. The van der Waals surface area contributed by atoms with Crippen molar-refractivity contribution in [3.8, 4) is 0 Å². The summed E-state index contributed by atoms with van der Waals surface area (Å²) >= 11 is 0. The van der Waals surface area contributed by atoms with E-state index in [-0.39, 0.29) is 5.41 Å². The molecule has 0 saturated carbocycles. The Morgan fingerprint density at radius 3 is 2.40 bits per heavy atom. The zero-order valence-corrected chi connectivity index (χ0v) is 13.5. The van der Waals surface area contributed by atoms with E-state index in [9.17, 15) is 0 Å². The third kappa shape index (κ3) is 2.73. The third-order valence-electron chi connectivity index (χ3n) is 4.58. The van der Waals surface area contributed by atoms with Crippen LogP contribution in [0.4, 0.5) is 0 Å². The molecule has 0 saturated heterocycles. The molecule has 1 heteroatoms. The zero-order chi connectivity index (χ0) is 14.8. The van der Waals surface area contributed by atoms with Crippen LogP contribution < -0.4 is 5.32 Å². The second kappa shape index (κ2) is 5.97. The second-order valence-corrected chi connectivity index (χ2v) is 6.35. The molecule has 1 unspecified atom stereocenters. The summed E-state index contributed by atoms with van der Waals surface area (Å²) in [7, 11) is 0. The van der Waals surface area contributed by atoms with Crippen LogP contribution in [0.25, 0.3) is 10.8 Å². The van der Waals surface area contributed by atoms with Crippen molar-refractivity contribution in [3.05, 3.63) is 47.5 Å². The van der Waals surface area contributed by atoms with E-state index in [1.807, 2.05) is 0 Å². The molecular weight excluding hydrogens is 242 g/mol. The summed E-state index contributed by atoms with van der Waals surface area (Å²) < 4.78 is 0. The third-order valence-corrected chi connectivity index (χ3v) is 4.58. The first kappa shape index (κ1) is 15.1. The van der Waals surface area contributed by atoms with Gasteiger partial charge in [0.15, 0.2) is 0 Å². The van der Waals surface area contributed by atoms with Crippen molar-refractivity contribution < 1.29 is 0 Å². The van der Waals surface area contributed by atoms with E-state index in [1.54, 1.807) is 0 Å². The average molecular weight is 269 g/mol. The molecule has 0 amide bonds. The van der Waals surface area contributed by atoms with Gasteiger partial charge in [0.05, 0.1) is 0 Å². The lowest BCUT2D eigenvalue weighted by molar-refractivity contribution is 0.238. The number of benzene rings is 2. The van der Waals surface area contributed by atoms with Crippen LogP contribution in [-0.2, 0) is 0 Å². The molecule has 0 spiro atoms. The highest BCUT2D eigenvalue weighted by Gasteiger charge is 2.30. The Morgan fingerprint density at radius 2 is 1.75 bits per heavy atom. The summed E-state index contributed by atoms with van der Waals surface area (Å²) in [5.74, 6) is 0. The second-order valence-electron chi connectivity index (χ2n) is 6.35. The first-order chi connectivity index (χ1) is 9.51. The maximum Gasteiger partial charge on any atom is 0.0380 e. The normalized spacial score (nSPS) is 13.7. The number of hydrogen-bond acceptors (Lipinski definition) is 1. The van der Waals surface area contributed by atoms with E-state index < -0.39 is 0 Å². The van der Waals surface area contributed by atoms with Crippen LogP contribution in [0.15, 0.2) is 36.4 Å². The molecule has 2 aromatic carbocycles. The molecule has 1 atom stereocenters. The molecule has 20 heavy (non-hydrogen) atoms. The molecule has 0 fully saturated rings. The number of nitrogens with one attached hydrogen (secondary N) is 1. The van der Waals surface area contributed by atoms with Crippen molar-refractivity contribution >= 4 is 10.8 Å². The summed E-state index contributed by atoms with van der Waals surface area (Å²) in [6.07, 6.45) is 1.16.